The van der Waals surface area contributed by atoms with Gasteiger partial charge in [-0.25, -0.2) is 0 Å². The first-order chi connectivity index (χ1) is 5.20. The summed E-state index contributed by atoms with van der Waals surface area (Å²) < 4.78 is 0.548. The van der Waals surface area contributed by atoms with Gasteiger partial charge in [0.05, 0.1) is 4.75 Å². The molecule has 2 N–H and O–H groups in total. The molecule has 1 unspecified atom stereocenters. The maximum atomic E-state index is 5.69. The predicted octanol–water partition coefficient (Wildman–Crippen LogP) is 2.78. The Balaban J connectivity index is 2.05. The molecule has 0 heterocycles. The van der Waals surface area contributed by atoms with Gasteiger partial charge in [-0.1, -0.05) is 0 Å². The van der Waals surface area contributed by atoms with Crippen LogP contribution in [0.1, 0.15) is 32.1 Å². The maximum absolute atomic E-state index is 5.69. The van der Waals surface area contributed by atoms with Crippen molar-refractivity contribution >= 4 is 29.2 Å². The summed E-state index contributed by atoms with van der Waals surface area (Å²) in [7, 11) is 0. The summed E-state index contributed by atoms with van der Waals surface area (Å²) >= 11 is 6.99. The van der Waals surface area contributed by atoms with Crippen LogP contribution in [0.25, 0.3) is 0 Å². The van der Waals surface area contributed by atoms with Crippen molar-refractivity contribution in [3.8, 4) is 0 Å². The molecule has 0 radical (unpaired) electrons. The molecule has 0 aromatic carbocycles. The van der Waals surface area contributed by atoms with Crippen molar-refractivity contribution in [2.75, 3.05) is 0 Å². The van der Waals surface area contributed by atoms with Crippen LogP contribution >= 0.6 is 17.4 Å². The van der Waals surface area contributed by atoms with Gasteiger partial charge in [-0.15, -0.1) is 5.50 Å². The van der Waals surface area contributed by atoms with Crippen molar-refractivity contribution in [3.63, 3.8) is 0 Å². The van der Waals surface area contributed by atoms with Crippen LogP contribution in [0.5, 0.6) is 0 Å². The van der Waals surface area contributed by atoms with Crippen molar-refractivity contribution in [3.05, 3.63) is 0 Å². The van der Waals surface area contributed by atoms with Gasteiger partial charge >= 0.3 is 6.05 Å². The average Bonchev–Trinajstić information content (AvgIpc) is 2.43. The van der Waals surface area contributed by atoms with E-state index in [4.69, 9.17) is 17.3 Å². The second-order valence-electron chi connectivity index (χ2n) is 3.71. The number of hydrogen-bond acceptors (Lipinski definition) is 2. The normalized spacial score (nSPS) is 43.0. The van der Waals surface area contributed by atoms with E-state index in [1.807, 2.05) is 11.4 Å². The van der Waals surface area contributed by atoms with Gasteiger partial charge in [0.25, 0.3) is 0 Å². The summed E-state index contributed by atoms with van der Waals surface area (Å²) in [6.45, 7) is 0. The number of hydrogen-bond donors (Lipinski definition) is 1. The minimum absolute atomic E-state index is 0.548. The van der Waals surface area contributed by atoms with Crippen LogP contribution < -0.4 is 5.50 Å². The summed E-state index contributed by atoms with van der Waals surface area (Å²) in [5.41, 5.74) is 5.69. The van der Waals surface area contributed by atoms with E-state index in [2.05, 4.69) is 0 Å². The van der Waals surface area contributed by atoms with E-state index < -0.39 is 6.05 Å². The van der Waals surface area contributed by atoms with E-state index in [-0.39, 0.29) is 0 Å². The van der Waals surface area contributed by atoms with Crippen molar-refractivity contribution < 1.29 is 0 Å². The lowest BCUT2D eigenvalue weighted by molar-refractivity contribution is 0.501. The topological polar surface area (TPSA) is 26.0 Å². The Hall–Kier alpha value is 0.830. The molecule has 2 saturated carbocycles. The molecule has 11 heavy (non-hydrogen) atoms. The Bertz CT molecular complexity index is 187. The molecule has 2 aliphatic rings. The summed E-state index contributed by atoms with van der Waals surface area (Å²) in [5, 5.41) is 0. The lowest BCUT2D eigenvalue weighted by Gasteiger charge is -2.18. The highest BCUT2D eigenvalue weighted by Crippen LogP contribution is 2.60. The molecule has 0 amide bonds. The zero-order valence-electron chi connectivity index (χ0n) is 6.45. The van der Waals surface area contributed by atoms with Crippen LogP contribution in [0.4, 0.5) is 0 Å². The lowest BCUT2D eigenvalue weighted by Crippen LogP contribution is -2.15. The Morgan fingerprint density at radius 1 is 1.45 bits per heavy atom. The van der Waals surface area contributed by atoms with Gasteiger partial charge in [-0.3, -0.25) is 0 Å². The van der Waals surface area contributed by atoms with E-state index in [0.29, 0.717) is 4.75 Å². The fourth-order valence-electron chi connectivity index (χ4n) is 2.46. The van der Waals surface area contributed by atoms with E-state index in [1.54, 1.807) is 0 Å². The molecule has 0 saturated heterocycles. The minimum atomic E-state index is -0.639. The third-order valence-corrected chi connectivity index (χ3v) is 6.48. The Kier molecular flexibility index (Phi) is 2.26. The number of fused-ring (bicyclic) bond motifs is 2. The summed E-state index contributed by atoms with van der Waals surface area (Å²) in [6.07, 6.45) is 7.05. The Morgan fingerprint density at radius 2 is 2.09 bits per heavy atom. The van der Waals surface area contributed by atoms with Crippen molar-refractivity contribution in [1.29, 1.82) is 0 Å². The maximum Gasteiger partial charge on any atom is 0.335 e. The molecule has 2 aliphatic carbocycles. The predicted molar refractivity (Wildman–Crippen MR) is 55.4 cm³/mol. The second kappa shape index (κ2) is 2.95. The molecule has 1 atom stereocenters. The standard InChI is InChI=1S/C7H13NPS2/c8-9(10)11-7-3-1-6(5-7)2-4-7/h6H,1-5H2,(H2,8,10)/q+1. The minimum Gasteiger partial charge on any atom is -0.135 e. The molecular formula is C7H13NPS2+. The smallest absolute Gasteiger partial charge is 0.135 e. The van der Waals surface area contributed by atoms with Crippen molar-refractivity contribution in [2.45, 2.75) is 36.9 Å². The Labute approximate surface area is 77.7 Å². The van der Waals surface area contributed by atoms with Gasteiger partial charge in [0.15, 0.2) is 11.8 Å². The molecule has 0 aromatic heterocycles. The number of rotatable bonds is 2. The van der Waals surface area contributed by atoms with Crippen LogP contribution in [-0.4, -0.2) is 4.75 Å². The Morgan fingerprint density at radius 3 is 2.45 bits per heavy atom. The lowest BCUT2D eigenvalue weighted by atomic mass is 10.0. The molecule has 0 aromatic rings. The van der Waals surface area contributed by atoms with Gasteiger partial charge in [-0.05, 0) is 38.0 Å². The fraction of sp³-hybridized carbons (Fsp3) is 1.00. The van der Waals surface area contributed by atoms with Gasteiger partial charge in [0.2, 0.25) is 0 Å². The highest BCUT2D eigenvalue weighted by Gasteiger charge is 2.49. The van der Waals surface area contributed by atoms with Crippen LogP contribution in [-0.2, 0) is 11.8 Å². The molecule has 2 rings (SSSR count). The quantitative estimate of drug-likeness (QED) is 0.704. The average molecular weight is 206 g/mol. The van der Waals surface area contributed by atoms with E-state index >= 15 is 0 Å². The molecule has 0 aliphatic heterocycles. The van der Waals surface area contributed by atoms with Crippen LogP contribution in [0.3, 0.4) is 0 Å². The highest BCUT2D eigenvalue weighted by atomic mass is 32.9. The highest BCUT2D eigenvalue weighted by molar-refractivity contribution is 8.64. The van der Waals surface area contributed by atoms with Crippen LogP contribution in [0, 0.1) is 5.92 Å². The molecule has 4 heteroatoms. The molecular weight excluding hydrogens is 193 g/mol. The van der Waals surface area contributed by atoms with Crippen molar-refractivity contribution in [2.24, 2.45) is 11.4 Å². The first kappa shape index (κ1) is 8.43. The zero-order chi connectivity index (χ0) is 7.90. The van der Waals surface area contributed by atoms with Gasteiger partial charge in [0.1, 0.15) is 11.4 Å². The largest absolute Gasteiger partial charge is 0.335 e. The summed E-state index contributed by atoms with van der Waals surface area (Å²) in [4.78, 5) is 0. The van der Waals surface area contributed by atoms with E-state index in [9.17, 15) is 0 Å². The van der Waals surface area contributed by atoms with Crippen LogP contribution in [0.15, 0.2) is 0 Å². The molecule has 0 spiro atoms. The first-order valence-corrected chi connectivity index (χ1v) is 7.96. The SMILES string of the molecule is N[P+](=S)SC12CCC(CC1)C2. The zero-order valence-corrected chi connectivity index (χ0v) is 8.98. The second-order valence-corrected chi connectivity index (χ2v) is 8.93. The van der Waals surface area contributed by atoms with E-state index in [0.717, 1.165) is 5.92 Å². The van der Waals surface area contributed by atoms with Crippen LogP contribution in [0.2, 0.25) is 0 Å². The van der Waals surface area contributed by atoms with Gasteiger partial charge in [-0.2, -0.15) is 0 Å². The third-order valence-electron chi connectivity index (χ3n) is 2.96. The first-order valence-electron chi connectivity index (χ1n) is 4.11. The summed E-state index contributed by atoms with van der Waals surface area (Å²) in [6, 6.07) is -0.639. The number of nitrogens with two attached hydrogens (primary N) is 1. The summed E-state index contributed by atoms with van der Waals surface area (Å²) in [5.74, 6) is 1.02. The molecule has 62 valence electrons. The van der Waals surface area contributed by atoms with E-state index in [1.165, 1.54) is 32.1 Å². The van der Waals surface area contributed by atoms with Crippen molar-refractivity contribution in [1.82, 2.24) is 0 Å². The van der Waals surface area contributed by atoms with Gasteiger partial charge < -0.3 is 0 Å². The van der Waals surface area contributed by atoms with Gasteiger partial charge in [0, 0.05) is 0 Å². The molecule has 1 nitrogen and oxygen atoms in total. The molecule has 2 fully saturated rings. The third kappa shape index (κ3) is 1.62. The monoisotopic (exact) mass is 206 g/mol. The fourth-order valence-corrected chi connectivity index (χ4v) is 6.91. The molecule has 2 bridgehead atoms.